The average Bonchev–Trinajstić information content (AvgIpc) is 3.27. The number of hydrogen-bond donors (Lipinski definition) is 4. The first kappa shape index (κ1) is 29.5. The second-order valence-corrected chi connectivity index (χ2v) is 10.2. The lowest BCUT2D eigenvalue weighted by atomic mass is 10.1. The zero-order valence-corrected chi connectivity index (χ0v) is 24.1. The maximum Gasteiger partial charge on any atom is 0.274 e. The number of anilines is 2. The maximum absolute atomic E-state index is 12.9. The van der Waals surface area contributed by atoms with Crippen LogP contribution in [0.4, 0.5) is 11.4 Å². The molecule has 2 aromatic carbocycles. The molecule has 0 spiro atoms. The minimum Gasteiger partial charge on any atom is -0.370 e. The SMILES string of the molecule is CC.CC1CN=C(c2ccc(NC(=O)C3=CC=CC(C(=O)Nc4ccc(C5=NCC(C)CN5)cc4)C=N3)cc2)NC1. The van der Waals surface area contributed by atoms with Gasteiger partial charge in [-0.1, -0.05) is 39.8 Å². The monoisotopic (exact) mass is 553 g/mol. The molecule has 0 radical (unpaired) electrons. The number of allylic oxidation sites excluding steroid dienone is 2. The molecule has 3 aliphatic rings. The van der Waals surface area contributed by atoms with Gasteiger partial charge in [0.1, 0.15) is 17.4 Å². The molecule has 0 aromatic heterocycles. The van der Waals surface area contributed by atoms with Crippen molar-refractivity contribution in [2.45, 2.75) is 27.7 Å². The van der Waals surface area contributed by atoms with E-state index in [2.05, 4.69) is 50.1 Å². The molecule has 0 bridgehead atoms. The fraction of sp³-hybridized carbons (Fsp3) is 0.344. The van der Waals surface area contributed by atoms with Crippen LogP contribution in [-0.4, -0.2) is 55.9 Å². The van der Waals surface area contributed by atoms with Crippen molar-refractivity contribution >= 4 is 41.1 Å². The Morgan fingerprint density at radius 3 is 1.78 bits per heavy atom. The highest BCUT2D eigenvalue weighted by Gasteiger charge is 2.18. The summed E-state index contributed by atoms with van der Waals surface area (Å²) in [5.41, 5.74) is 3.51. The molecule has 3 heterocycles. The second kappa shape index (κ2) is 14.2. The van der Waals surface area contributed by atoms with E-state index in [-0.39, 0.29) is 17.5 Å². The van der Waals surface area contributed by atoms with Crippen LogP contribution in [-0.2, 0) is 9.59 Å². The van der Waals surface area contributed by atoms with E-state index in [1.165, 1.54) is 6.21 Å². The van der Waals surface area contributed by atoms with Crippen molar-refractivity contribution < 1.29 is 9.59 Å². The Morgan fingerprint density at radius 1 is 0.780 bits per heavy atom. The highest BCUT2D eigenvalue weighted by atomic mass is 16.2. The smallest absolute Gasteiger partial charge is 0.274 e. The van der Waals surface area contributed by atoms with Crippen LogP contribution in [0.3, 0.4) is 0 Å². The van der Waals surface area contributed by atoms with E-state index in [1.54, 1.807) is 18.2 Å². The van der Waals surface area contributed by atoms with Gasteiger partial charge in [0.2, 0.25) is 5.91 Å². The topological polar surface area (TPSA) is 119 Å². The van der Waals surface area contributed by atoms with E-state index in [0.29, 0.717) is 23.2 Å². The van der Waals surface area contributed by atoms with Gasteiger partial charge in [0.25, 0.3) is 5.91 Å². The quantitative estimate of drug-likeness (QED) is 0.424. The van der Waals surface area contributed by atoms with Gasteiger partial charge < -0.3 is 21.3 Å². The van der Waals surface area contributed by atoms with Gasteiger partial charge in [-0.05, 0) is 66.4 Å². The Labute approximate surface area is 242 Å². The summed E-state index contributed by atoms with van der Waals surface area (Å²) in [4.78, 5) is 39.1. The number of amidine groups is 2. The lowest BCUT2D eigenvalue weighted by Gasteiger charge is -2.20. The van der Waals surface area contributed by atoms with Crippen molar-refractivity contribution in [3.05, 3.63) is 83.6 Å². The van der Waals surface area contributed by atoms with Crippen molar-refractivity contribution in [3.63, 3.8) is 0 Å². The van der Waals surface area contributed by atoms with Gasteiger partial charge in [0.15, 0.2) is 0 Å². The summed E-state index contributed by atoms with van der Waals surface area (Å²) < 4.78 is 0. The first-order valence-electron chi connectivity index (χ1n) is 14.3. The molecule has 0 aliphatic carbocycles. The van der Waals surface area contributed by atoms with Crippen LogP contribution < -0.4 is 21.3 Å². The lowest BCUT2D eigenvalue weighted by Crippen LogP contribution is -2.35. The third-order valence-corrected chi connectivity index (χ3v) is 6.68. The largest absolute Gasteiger partial charge is 0.370 e. The van der Waals surface area contributed by atoms with Gasteiger partial charge in [-0.25, -0.2) is 0 Å². The van der Waals surface area contributed by atoms with E-state index in [1.807, 2.05) is 62.4 Å². The van der Waals surface area contributed by atoms with Crippen molar-refractivity contribution in [2.75, 3.05) is 36.8 Å². The summed E-state index contributed by atoms with van der Waals surface area (Å²) in [6, 6.07) is 15.1. The predicted octanol–water partition coefficient (Wildman–Crippen LogP) is 4.40. The number of hydrogen-bond acceptors (Lipinski definition) is 7. The third kappa shape index (κ3) is 8.00. The standard InChI is InChI=1S/C30H33N7O2.C2H6/c1-19-14-32-27(33-15-19)21-6-10-24(11-7-21)36-29(38)23-4-3-5-26(31-18-23)30(39)37-25-12-8-22(9-13-25)28-34-16-20(2)17-35-28;1-2/h3-13,18-20,23H,14-17H2,1-2H3,(H,32,33)(H,34,35)(H,36,38)(H,37,39);1-2H3. The Kier molecular flexibility index (Phi) is 10.2. The van der Waals surface area contributed by atoms with Gasteiger partial charge in [0.05, 0.1) is 5.92 Å². The van der Waals surface area contributed by atoms with E-state index in [0.717, 1.165) is 49.0 Å². The minimum atomic E-state index is -0.608. The molecule has 4 N–H and O–H groups in total. The van der Waals surface area contributed by atoms with Crippen LogP contribution in [0.5, 0.6) is 0 Å². The minimum absolute atomic E-state index is 0.220. The molecule has 0 fully saturated rings. The van der Waals surface area contributed by atoms with Gasteiger partial charge in [-0.3, -0.25) is 24.6 Å². The summed E-state index contributed by atoms with van der Waals surface area (Å²) in [6.45, 7) is 11.7. The molecule has 9 heteroatoms. The van der Waals surface area contributed by atoms with Gasteiger partial charge in [0, 0.05) is 54.9 Å². The fourth-order valence-electron chi connectivity index (χ4n) is 4.32. The number of nitrogens with one attached hydrogen (secondary N) is 4. The maximum atomic E-state index is 12.9. The molecule has 3 aliphatic heterocycles. The Balaban J connectivity index is 0.00000189. The van der Waals surface area contributed by atoms with Crippen LogP contribution in [0, 0.1) is 17.8 Å². The molecule has 214 valence electrons. The molecular weight excluding hydrogens is 514 g/mol. The molecule has 3 unspecified atom stereocenters. The summed E-state index contributed by atoms with van der Waals surface area (Å²) in [6.07, 6.45) is 6.48. The zero-order valence-electron chi connectivity index (χ0n) is 24.1. The molecule has 9 nitrogen and oxygen atoms in total. The molecule has 2 amide bonds. The van der Waals surface area contributed by atoms with Crippen molar-refractivity contribution in [1.29, 1.82) is 0 Å². The lowest BCUT2D eigenvalue weighted by molar-refractivity contribution is -0.117. The first-order valence-corrected chi connectivity index (χ1v) is 14.3. The van der Waals surface area contributed by atoms with Crippen LogP contribution in [0.2, 0.25) is 0 Å². The number of nitrogens with zero attached hydrogens (tertiary/aromatic N) is 3. The van der Waals surface area contributed by atoms with Gasteiger partial charge >= 0.3 is 0 Å². The molecule has 3 atom stereocenters. The highest BCUT2D eigenvalue weighted by Crippen LogP contribution is 2.17. The summed E-state index contributed by atoms with van der Waals surface area (Å²) in [5, 5.41) is 12.5. The molecule has 2 aromatic rings. The number of amides is 2. The second-order valence-electron chi connectivity index (χ2n) is 10.2. The van der Waals surface area contributed by atoms with Crippen molar-refractivity contribution in [1.82, 2.24) is 10.6 Å². The van der Waals surface area contributed by atoms with Crippen LogP contribution >= 0.6 is 0 Å². The molecular formula is C32H39N7O2. The molecule has 0 saturated carbocycles. The highest BCUT2D eigenvalue weighted by molar-refractivity contribution is 6.08. The zero-order chi connectivity index (χ0) is 29.2. The Bertz CT molecular complexity index is 1370. The van der Waals surface area contributed by atoms with Crippen molar-refractivity contribution in [2.24, 2.45) is 32.7 Å². The third-order valence-electron chi connectivity index (χ3n) is 6.68. The number of rotatable bonds is 6. The van der Waals surface area contributed by atoms with Crippen LogP contribution in [0.1, 0.15) is 38.8 Å². The summed E-state index contributed by atoms with van der Waals surface area (Å²) in [7, 11) is 0. The van der Waals surface area contributed by atoms with E-state index in [9.17, 15) is 9.59 Å². The predicted molar refractivity (Wildman–Crippen MR) is 168 cm³/mol. The molecule has 0 saturated heterocycles. The number of aliphatic imine (C=N–C) groups is 3. The van der Waals surface area contributed by atoms with Crippen molar-refractivity contribution in [3.8, 4) is 0 Å². The summed E-state index contributed by atoms with van der Waals surface area (Å²) >= 11 is 0. The van der Waals surface area contributed by atoms with E-state index in [4.69, 9.17) is 0 Å². The Morgan fingerprint density at radius 2 is 1.29 bits per heavy atom. The number of carbonyl (C=O) groups excluding carboxylic acids is 2. The Hall–Kier alpha value is -4.53. The van der Waals surface area contributed by atoms with E-state index >= 15 is 0 Å². The van der Waals surface area contributed by atoms with Gasteiger partial charge in [-0.15, -0.1) is 0 Å². The molecule has 5 rings (SSSR count). The van der Waals surface area contributed by atoms with Crippen LogP contribution in [0.25, 0.3) is 0 Å². The molecule has 41 heavy (non-hydrogen) atoms. The first-order chi connectivity index (χ1) is 19.9. The summed E-state index contributed by atoms with van der Waals surface area (Å²) in [5.74, 6) is 1.61. The average molecular weight is 554 g/mol. The van der Waals surface area contributed by atoms with Gasteiger partial charge in [-0.2, -0.15) is 0 Å². The number of benzene rings is 2. The van der Waals surface area contributed by atoms with E-state index < -0.39 is 5.92 Å². The normalized spacial score (nSPS) is 21.4. The van der Waals surface area contributed by atoms with Crippen LogP contribution in [0.15, 0.2) is 87.4 Å². The number of carbonyl (C=O) groups is 2. The fourth-order valence-corrected chi connectivity index (χ4v) is 4.32.